The molecule has 0 saturated carbocycles. The molecule has 2 aromatic rings. The number of piperazine rings is 1. The second kappa shape index (κ2) is 7.58. The highest BCUT2D eigenvalue weighted by atomic mass is 35.5. The van der Waals surface area contributed by atoms with E-state index in [2.05, 4.69) is 4.90 Å². The third kappa shape index (κ3) is 4.05. The van der Waals surface area contributed by atoms with Gasteiger partial charge in [-0.2, -0.15) is 4.31 Å². The minimum Gasteiger partial charge on any atom is -0.438 e. The topological polar surface area (TPSA) is 96.8 Å². The van der Waals surface area contributed by atoms with Crippen molar-refractivity contribution >= 4 is 39.1 Å². The van der Waals surface area contributed by atoms with E-state index in [1.165, 1.54) is 16.4 Å². The van der Waals surface area contributed by atoms with E-state index in [1.807, 2.05) is 6.07 Å². The molecule has 2 heterocycles. The zero-order valence-electron chi connectivity index (χ0n) is 13.7. The Hall–Kier alpha value is -1.58. The second-order valence-electron chi connectivity index (χ2n) is 5.90. The first-order chi connectivity index (χ1) is 12.3. The molecule has 7 nitrogen and oxygen atoms in total. The predicted molar refractivity (Wildman–Crippen MR) is 97.7 cm³/mol. The summed E-state index contributed by atoms with van der Waals surface area (Å²) in [6, 6.07) is 7.83. The molecule has 1 fully saturated rings. The van der Waals surface area contributed by atoms with Gasteiger partial charge in [-0.1, -0.05) is 29.3 Å². The van der Waals surface area contributed by atoms with Crippen LogP contribution in [0.25, 0.3) is 0 Å². The Kier molecular flexibility index (Phi) is 5.59. The van der Waals surface area contributed by atoms with E-state index in [1.54, 1.807) is 12.1 Å². The fraction of sp³-hybridized carbons (Fsp3) is 0.312. The van der Waals surface area contributed by atoms with Crippen molar-refractivity contribution in [3.63, 3.8) is 0 Å². The van der Waals surface area contributed by atoms with Crippen molar-refractivity contribution < 1.29 is 17.6 Å². The first kappa shape index (κ1) is 19.2. The number of nitrogens with zero attached hydrogens (tertiary/aromatic N) is 2. The number of furan rings is 1. The van der Waals surface area contributed by atoms with Gasteiger partial charge in [0.1, 0.15) is 0 Å². The van der Waals surface area contributed by atoms with Gasteiger partial charge >= 0.3 is 0 Å². The summed E-state index contributed by atoms with van der Waals surface area (Å²) in [5, 5.41) is 0.881. The van der Waals surface area contributed by atoms with Gasteiger partial charge in [0.05, 0.1) is 0 Å². The summed E-state index contributed by atoms with van der Waals surface area (Å²) in [7, 11) is -3.80. The van der Waals surface area contributed by atoms with Gasteiger partial charge in [0.15, 0.2) is 5.76 Å². The van der Waals surface area contributed by atoms with E-state index >= 15 is 0 Å². The SMILES string of the molecule is NC(=O)c1ccc(S(=O)(=O)N2CCN(Cc3ccc(Cl)cc3Cl)CC2)o1. The first-order valence-electron chi connectivity index (χ1n) is 7.83. The standard InChI is InChI=1S/C16H17Cl2N3O4S/c17-12-2-1-11(13(18)9-12)10-20-5-7-21(8-6-20)26(23,24)15-4-3-14(25-15)16(19)22/h1-4,9H,5-8,10H2,(H2,19,22). The van der Waals surface area contributed by atoms with Gasteiger partial charge < -0.3 is 10.2 Å². The van der Waals surface area contributed by atoms with Crippen LogP contribution in [-0.2, 0) is 16.6 Å². The molecule has 0 aliphatic carbocycles. The fourth-order valence-electron chi connectivity index (χ4n) is 2.74. The molecule has 1 amide bonds. The van der Waals surface area contributed by atoms with Crippen molar-refractivity contribution in [1.29, 1.82) is 0 Å². The molecule has 1 aliphatic heterocycles. The molecule has 1 aromatic carbocycles. The van der Waals surface area contributed by atoms with Crippen molar-refractivity contribution in [1.82, 2.24) is 9.21 Å². The van der Waals surface area contributed by atoms with Crippen LogP contribution in [0.4, 0.5) is 0 Å². The lowest BCUT2D eigenvalue weighted by Crippen LogP contribution is -2.48. The molecule has 2 N–H and O–H groups in total. The van der Waals surface area contributed by atoms with Gasteiger partial charge in [0, 0.05) is 42.8 Å². The minimum absolute atomic E-state index is 0.181. The van der Waals surface area contributed by atoms with Crippen molar-refractivity contribution in [2.75, 3.05) is 26.2 Å². The van der Waals surface area contributed by atoms with Gasteiger partial charge in [-0.25, -0.2) is 8.42 Å². The molecular formula is C16H17Cl2N3O4S. The lowest BCUT2D eigenvalue weighted by Gasteiger charge is -2.33. The molecule has 10 heteroatoms. The van der Waals surface area contributed by atoms with Crippen molar-refractivity contribution in [2.45, 2.75) is 11.6 Å². The Morgan fingerprint density at radius 3 is 2.38 bits per heavy atom. The molecule has 1 aromatic heterocycles. The third-order valence-corrected chi connectivity index (χ3v) is 6.52. The molecule has 0 unspecified atom stereocenters. The van der Waals surface area contributed by atoms with Crippen LogP contribution in [0, 0.1) is 0 Å². The summed E-state index contributed by atoms with van der Waals surface area (Å²) in [6.07, 6.45) is 0. The maximum absolute atomic E-state index is 12.6. The summed E-state index contributed by atoms with van der Waals surface area (Å²) >= 11 is 12.1. The molecular weight excluding hydrogens is 401 g/mol. The number of primary amides is 1. The maximum Gasteiger partial charge on any atom is 0.284 e. The van der Waals surface area contributed by atoms with E-state index < -0.39 is 15.9 Å². The van der Waals surface area contributed by atoms with E-state index in [9.17, 15) is 13.2 Å². The van der Waals surface area contributed by atoms with Crippen LogP contribution in [-0.4, -0.2) is 49.7 Å². The third-order valence-electron chi connectivity index (χ3n) is 4.16. The zero-order valence-corrected chi connectivity index (χ0v) is 16.0. The van der Waals surface area contributed by atoms with Crippen LogP contribution in [0.2, 0.25) is 10.0 Å². The van der Waals surface area contributed by atoms with Gasteiger partial charge in [-0.15, -0.1) is 0 Å². The van der Waals surface area contributed by atoms with E-state index in [-0.39, 0.29) is 10.9 Å². The Morgan fingerprint density at radius 1 is 1.12 bits per heavy atom. The van der Waals surface area contributed by atoms with Crippen LogP contribution in [0.15, 0.2) is 39.8 Å². The molecule has 1 aliphatic rings. The minimum atomic E-state index is -3.80. The molecule has 0 radical (unpaired) electrons. The molecule has 0 bridgehead atoms. The Balaban J connectivity index is 1.64. The molecule has 26 heavy (non-hydrogen) atoms. The summed E-state index contributed by atoms with van der Waals surface area (Å²) in [5.74, 6) is -0.990. The largest absolute Gasteiger partial charge is 0.438 e. The Labute approximate surface area is 161 Å². The quantitative estimate of drug-likeness (QED) is 0.803. The predicted octanol–water partition coefficient (Wildman–Crippen LogP) is 2.19. The highest BCUT2D eigenvalue weighted by molar-refractivity contribution is 7.89. The average Bonchev–Trinajstić information content (AvgIpc) is 3.09. The van der Waals surface area contributed by atoms with Crippen molar-refractivity contribution in [3.8, 4) is 0 Å². The van der Waals surface area contributed by atoms with Gasteiger partial charge in [0.2, 0.25) is 5.09 Å². The highest BCUT2D eigenvalue weighted by Gasteiger charge is 2.31. The smallest absolute Gasteiger partial charge is 0.284 e. The summed E-state index contributed by atoms with van der Waals surface area (Å²) in [5.41, 5.74) is 6.03. The number of hydrogen-bond acceptors (Lipinski definition) is 5. The van der Waals surface area contributed by atoms with Crippen LogP contribution < -0.4 is 5.73 Å². The van der Waals surface area contributed by atoms with Crippen LogP contribution >= 0.6 is 23.2 Å². The lowest BCUT2D eigenvalue weighted by molar-refractivity contribution is 0.0968. The van der Waals surface area contributed by atoms with E-state index in [0.29, 0.717) is 42.8 Å². The monoisotopic (exact) mass is 417 g/mol. The Morgan fingerprint density at radius 2 is 1.81 bits per heavy atom. The summed E-state index contributed by atoms with van der Waals surface area (Å²) in [6.45, 7) is 2.31. The van der Waals surface area contributed by atoms with Crippen LogP contribution in [0.1, 0.15) is 16.1 Å². The van der Waals surface area contributed by atoms with Crippen molar-refractivity contribution in [3.05, 3.63) is 51.7 Å². The fourth-order valence-corrected chi connectivity index (χ4v) is 4.54. The van der Waals surface area contributed by atoms with Crippen LogP contribution in [0.5, 0.6) is 0 Å². The number of nitrogens with two attached hydrogens (primary N) is 1. The number of halogens is 2. The number of hydrogen-bond donors (Lipinski definition) is 1. The molecule has 3 rings (SSSR count). The second-order valence-corrected chi connectivity index (χ2v) is 8.61. The number of benzene rings is 1. The van der Waals surface area contributed by atoms with Gasteiger partial charge in [-0.05, 0) is 29.8 Å². The zero-order chi connectivity index (χ0) is 18.9. The van der Waals surface area contributed by atoms with Crippen LogP contribution in [0.3, 0.4) is 0 Å². The normalized spacial score (nSPS) is 16.7. The number of rotatable bonds is 5. The average molecular weight is 418 g/mol. The molecule has 1 saturated heterocycles. The number of sulfonamides is 1. The number of amides is 1. The maximum atomic E-state index is 12.6. The summed E-state index contributed by atoms with van der Waals surface area (Å²) < 4.78 is 31.6. The van der Waals surface area contributed by atoms with Crippen molar-refractivity contribution in [2.24, 2.45) is 5.73 Å². The first-order valence-corrected chi connectivity index (χ1v) is 10.0. The molecule has 140 valence electrons. The number of carbonyl (C=O) groups is 1. The molecule has 0 spiro atoms. The number of carbonyl (C=O) groups excluding carboxylic acids is 1. The van der Waals surface area contributed by atoms with Gasteiger partial charge in [0.25, 0.3) is 15.9 Å². The Bertz CT molecular complexity index is 921. The summed E-state index contributed by atoms with van der Waals surface area (Å²) in [4.78, 5) is 13.2. The highest BCUT2D eigenvalue weighted by Crippen LogP contribution is 2.24. The lowest BCUT2D eigenvalue weighted by atomic mass is 10.2. The van der Waals surface area contributed by atoms with Gasteiger partial charge in [-0.3, -0.25) is 9.69 Å². The van der Waals surface area contributed by atoms with E-state index in [4.69, 9.17) is 33.4 Å². The molecule has 0 atom stereocenters. The van der Waals surface area contributed by atoms with E-state index in [0.717, 1.165) is 5.56 Å².